The molecule has 1 N–H and O–H groups in total. The minimum atomic E-state index is -1.08. The number of nitro benzene ring substituents is 1. The molecule has 7 heteroatoms. The zero-order valence-electron chi connectivity index (χ0n) is 16.9. The van der Waals surface area contributed by atoms with E-state index in [9.17, 15) is 14.9 Å². The Balaban J connectivity index is 1.97. The van der Waals surface area contributed by atoms with E-state index in [1.54, 1.807) is 30.3 Å². The lowest BCUT2D eigenvalue weighted by molar-refractivity contribution is -0.386. The van der Waals surface area contributed by atoms with Crippen LogP contribution in [0.25, 0.3) is 0 Å². The largest absolute Gasteiger partial charge is 0.496 e. The van der Waals surface area contributed by atoms with E-state index in [4.69, 9.17) is 9.47 Å². The molecular formula is C23H22N2O5. The molecule has 0 aliphatic heterocycles. The summed E-state index contributed by atoms with van der Waals surface area (Å²) in [6.07, 6.45) is -1.08. The van der Waals surface area contributed by atoms with Gasteiger partial charge in [0.05, 0.1) is 18.1 Å². The van der Waals surface area contributed by atoms with E-state index in [1.807, 2.05) is 38.1 Å². The number of nitrogens with zero attached hydrogens (tertiary/aromatic N) is 1. The number of ether oxygens (including phenoxy) is 2. The molecule has 0 saturated heterocycles. The maximum absolute atomic E-state index is 13.2. The molecule has 0 fully saturated rings. The van der Waals surface area contributed by atoms with Gasteiger partial charge in [-0.25, -0.2) is 0 Å². The third kappa shape index (κ3) is 4.75. The molecule has 0 saturated carbocycles. The van der Waals surface area contributed by atoms with Gasteiger partial charge in [-0.3, -0.25) is 14.9 Å². The predicted molar refractivity (Wildman–Crippen MR) is 114 cm³/mol. The molecule has 0 aromatic heterocycles. The van der Waals surface area contributed by atoms with E-state index in [0.717, 1.165) is 11.1 Å². The van der Waals surface area contributed by atoms with E-state index in [1.165, 1.54) is 19.2 Å². The first-order chi connectivity index (χ1) is 14.4. The third-order valence-corrected chi connectivity index (χ3v) is 4.60. The molecule has 0 bridgehead atoms. The molecule has 1 atom stereocenters. The van der Waals surface area contributed by atoms with Gasteiger partial charge in [0.1, 0.15) is 5.75 Å². The highest BCUT2D eigenvalue weighted by atomic mass is 16.6. The number of methoxy groups -OCH3 is 1. The maximum atomic E-state index is 13.2. The highest BCUT2D eigenvalue weighted by Gasteiger charge is 2.27. The topological polar surface area (TPSA) is 90.7 Å². The van der Waals surface area contributed by atoms with Gasteiger partial charge in [0.25, 0.3) is 5.91 Å². The third-order valence-electron chi connectivity index (χ3n) is 4.60. The molecular weight excluding hydrogens is 384 g/mol. The predicted octanol–water partition coefficient (Wildman–Crippen LogP) is 4.98. The Morgan fingerprint density at radius 2 is 1.77 bits per heavy atom. The Bertz CT molecular complexity index is 1070. The molecule has 0 spiro atoms. The Morgan fingerprint density at radius 3 is 2.43 bits per heavy atom. The summed E-state index contributed by atoms with van der Waals surface area (Å²) in [5.41, 5.74) is 2.85. The first kappa shape index (κ1) is 20.9. The SMILES string of the molecule is COc1ccc(O[C@H](C(=O)Nc2cc(C)ccc2C)c2ccccc2)c([N+](=O)[O-])c1. The number of rotatable bonds is 7. The number of hydrogen-bond acceptors (Lipinski definition) is 5. The van der Waals surface area contributed by atoms with Crippen molar-refractivity contribution in [1.29, 1.82) is 0 Å². The van der Waals surface area contributed by atoms with E-state index in [2.05, 4.69) is 5.32 Å². The fourth-order valence-corrected chi connectivity index (χ4v) is 2.96. The van der Waals surface area contributed by atoms with E-state index in [0.29, 0.717) is 17.0 Å². The van der Waals surface area contributed by atoms with Gasteiger partial charge >= 0.3 is 5.69 Å². The Labute approximate surface area is 174 Å². The number of nitro groups is 1. The van der Waals surface area contributed by atoms with Crippen molar-refractivity contribution in [3.05, 3.63) is 93.5 Å². The van der Waals surface area contributed by atoms with Crippen LogP contribution in [-0.2, 0) is 4.79 Å². The van der Waals surface area contributed by atoms with Crippen LogP contribution in [0.4, 0.5) is 11.4 Å². The Hall–Kier alpha value is -3.87. The summed E-state index contributed by atoms with van der Waals surface area (Å²) in [5.74, 6) is -0.129. The molecule has 0 aliphatic rings. The molecule has 0 aliphatic carbocycles. The van der Waals surface area contributed by atoms with Gasteiger partial charge in [-0.15, -0.1) is 0 Å². The number of aryl methyl sites for hydroxylation is 2. The lowest BCUT2D eigenvalue weighted by Gasteiger charge is -2.20. The Morgan fingerprint density at radius 1 is 1.03 bits per heavy atom. The van der Waals surface area contributed by atoms with Gasteiger partial charge in [-0.05, 0) is 43.2 Å². The van der Waals surface area contributed by atoms with Gasteiger partial charge in [-0.2, -0.15) is 0 Å². The number of anilines is 1. The average molecular weight is 406 g/mol. The number of benzene rings is 3. The number of nitrogens with one attached hydrogen (secondary N) is 1. The fraction of sp³-hybridized carbons (Fsp3) is 0.174. The minimum Gasteiger partial charge on any atom is -0.496 e. The van der Waals surface area contributed by atoms with Crippen LogP contribution in [0.15, 0.2) is 66.7 Å². The molecule has 3 aromatic carbocycles. The summed E-state index contributed by atoms with van der Waals surface area (Å²) >= 11 is 0. The van der Waals surface area contributed by atoms with Crippen molar-refractivity contribution in [2.45, 2.75) is 20.0 Å². The zero-order chi connectivity index (χ0) is 21.7. The van der Waals surface area contributed by atoms with Crippen LogP contribution in [-0.4, -0.2) is 17.9 Å². The molecule has 3 rings (SSSR count). The van der Waals surface area contributed by atoms with Crippen molar-refractivity contribution in [1.82, 2.24) is 0 Å². The normalized spacial score (nSPS) is 11.4. The monoisotopic (exact) mass is 406 g/mol. The van der Waals surface area contributed by atoms with Crippen LogP contribution in [0.5, 0.6) is 11.5 Å². The quantitative estimate of drug-likeness (QED) is 0.441. The van der Waals surface area contributed by atoms with Gasteiger partial charge in [0.2, 0.25) is 6.10 Å². The molecule has 0 radical (unpaired) electrons. The summed E-state index contributed by atoms with van der Waals surface area (Å²) < 4.78 is 10.9. The summed E-state index contributed by atoms with van der Waals surface area (Å²) in [6, 6.07) is 18.8. The van der Waals surface area contributed by atoms with Crippen molar-refractivity contribution in [3.63, 3.8) is 0 Å². The zero-order valence-corrected chi connectivity index (χ0v) is 16.9. The first-order valence-corrected chi connectivity index (χ1v) is 9.31. The number of hydrogen-bond donors (Lipinski definition) is 1. The fourth-order valence-electron chi connectivity index (χ4n) is 2.96. The van der Waals surface area contributed by atoms with E-state index >= 15 is 0 Å². The second-order valence-electron chi connectivity index (χ2n) is 6.81. The van der Waals surface area contributed by atoms with Crippen LogP contribution in [0.2, 0.25) is 0 Å². The van der Waals surface area contributed by atoms with Gasteiger partial charge in [-0.1, -0.05) is 42.5 Å². The Kier molecular flexibility index (Phi) is 6.32. The summed E-state index contributed by atoms with van der Waals surface area (Å²) in [6.45, 7) is 3.82. The van der Waals surface area contributed by atoms with Crippen molar-refractivity contribution in [2.75, 3.05) is 12.4 Å². The van der Waals surface area contributed by atoms with Crippen molar-refractivity contribution >= 4 is 17.3 Å². The van der Waals surface area contributed by atoms with Crippen LogP contribution < -0.4 is 14.8 Å². The lowest BCUT2D eigenvalue weighted by atomic mass is 10.1. The minimum absolute atomic E-state index is 0.0224. The van der Waals surface area contributed by atoms with Crippen molar-refractivity contribution in [3.8, 4) is 11.5 Å². The second kappa shape index (κ2) is 9.09. The summed E-state index contributed by atoms with van der Waals surface area (Å²) in [4.78, 5) is 24.1. The number of amides is 1. The first-order valence-electron chi connectivity index (χ1n) is 9.31. The van der Waals surface area contributed by atoms with Gasteiger partial charge in [0.15, 0.2) is 5.75 Å². The molecule has 0 heterocycles. The van der Waals surface area contributed by atoms with Gasteiger partial charge in [0, 0.05) is 11.3 Å². The highest BCUT2D eigenvalue weighted by Crippen LogP contribution is 2.34. The number of carbonyl (C=O) groups is 1. The van der Waals surface area contributed by atoms with Crippen LogP contribution in [0.1, 0.15) is 22.8 Å². The van der Waals surface area contributed by atoms with Crippen molar-refractivity contribution in [2.24, 2.45) is 0 Å². The van der Waals surface area contributed by atoms with E-state index < -0.39 is 16.9 Å². The summed E-state index contributed by atoms with van der Waals surface area (Å²) in [7, 11) is 1.42. The standard InChI is InChI=1S/C23H22N2O5/c1-15-9-10-16(2)19(13-15)24-23(26)22(17-7-5-4-6-8-17)30-21-12-11-18(29-3)14-20(21)25(27)28/h4-14,22H,1-3H3,(H,24,26)/t22-/m0/s1. The van der Waals surface area contributed by atoms with Crippen molar-refractivity contribution < 1.29 is 19.2 Å². The summed E-state index contributed by atoms with van der Waals surface area (Å²) in [5, 5.41) is 14.4. The molecule has 1 amide bonds. The molecule has 3 aromatic rings. The molecule has 30 heavy (non-hydrogen) atoms. The van der Waals surface area contributed by atoms with Crippen LogP contribution in [0.3, 0.4) is 0 Å². The lowest BCUT2D eigenvalue weighted by Crippen LogP contribution is -2.26. The molecule has 154 valence electrons. The second-order valence-corrected chi connectivity index (χ2v) is 6.81. The highest BCUT2D eigenvalue weighted by molar-refractivity contribution is 5.95. The number of carbonyl (C=O) groups excluding carboxylic acids is 1. The molecule has 7 nitrogen and oxygen atoms in total. The molecule has 0 unspecified atom stereocenters. The van der Waals surface area contributed by atoms with Crippen LogP contribution >= 0.6 is 0 Å². The van der Waals surface area contributed by atoms with Gasteiger partial charge < -0.3 is 14.8 Å². The van der Waals surface area contributed by atoms with Crippen LogP contribution in [0, 0.1) is 24.0 Å². The van der Waals surface area contributed by atoms with E-state index in [-0.39, 0.29) is 11.4 Å². The average Bonchev–Trinajstić information content (AvgIpc) is 2.75. The smallest absolute Gasteiger partial charge is 0.314 e. The maximum Gasteiger partial charge on any atom is 0.314 e.